The SMILES string of the molecule is Cc1cc[nH]c1-c1nnc(SCCCN2C[C@@H]3C[C@]3(c3ccc(C(F)(F)F)cc3F)C2)n1C. The van der Waals surface area contributed by atoms with E-state index in [-0.39, 0.29) is 5.41 Å². The Kier molecular flexibility index (Phi) is 5.55. The maximum atomic E-state index is 14.6. The molecule has 1 saturated carbocycles. The van der Waals surface area contributed by atoms with Gasteiger partial charge >= 0.3 is 6.18 Å². The van der Waals surface area contributed by atoms with Gasteiger partial charge in [-0.3, -0.25) is 0 Å². The molecular weight excluding hydrogens is 454 g/mol. The van der Waals surface area contributed by atoms with Crippen LogP contribution in [0.4, 0.5) is 17.6 Å². The van der Waals surface area contributed by atoms with Crippen LogP contribution in [0.3, 0.4) is 0 Å². The van der Waals surface area contributed by atoms with Crippen LogP contribution in [-0.4, -0.2) is 50.0 Å². The summed E-state index contributed by atoms with van der Waals surface area (Å²) in [6.07, 6.45) is -0.855. The van der Waals surface area contributed by atoms with E-state index in [0.29, 0.717) is 24.1 Å². The van der Waals surface area contributed by atoms with Gasteiger partial charge in [0.1, 0.15) is 5.82 Å². The van der Waals surface area contributed by atoms with E-state index in [1.165, 1.54) is 6.07 Å². The molecule has 0 amide bonds. The first-order chi connectivity index (χ1) is 15.7. The molecule has 1 aliphatic heterocycles. The number of thioether (sulfide) groups is 1. The fourth-order valence-electron chi connectivity index (χ4n) is 5.07. The molecule has 2 aliphatic rings. The predicted molar refractivity (Wildman–Crippen MR) is 118 cm³/mol. The number of halogens is 4. The highest BCUT2D eigenvalue weighted by atomic mass is 32.2. The van der Waals surface area contributed by atoms with Crippen molar-refractivity contribution in [2.75, 3.05) is 25.4 Å². The van der Waals surface area contributed by atoms with E-state index in [1.807, 2.05) is 30.8 Å². The van der Waals surface area contributed by atoms with Gasteiger partial charge < -0.3 is 14.5 Å². The molecule has 5 rings (SSSR count). The van der Waals surface area contributed by atoms with Crippen molar-refractivity contribution in [2.45, 2.75) is 36.5 Å². The first kappa shape index (κ1) is 22.5. The summed E-state index contributed by atoms with van der Waals surface area (Å²) in [5, 5.41) is 9.47. The number of H-pyrrole nitrogens is 1. The molecule has 1 aromatic carbocycles. The van der Waals surface area contributed by atoms with E-state index in [4.69, 9.17) is 0 Å². The number of nitrogens with one attached hydrogen (secondary N) is 1. The number of hydrogen-bond donors (Lipinski definition) is 1. The van der Waals surface area contributed by atoms with E-state index >= 15 is 0 Å². The van der Waals surface area contributed by atoms with Crippen LogP contribution in [0.2, 0.25) is 0 Å². The average Bonchev–Trinajstić information content (AvgIpc) is 3.06. The molecule has 1 saturated heterocycles. The number of alkyl halides is 3. The third kappa shape index (κ3) is 4.07. The lowest BCUT2D eigenvalue weighted by Gasteiger charge is -2.21. The fraction of sp³-hybridized carbons (Fsp3) is 0.478. The molecular formula is C23H25F4N5S. The minimum absolute atomic E-state index is 0.321. The van der Waals surface area contributed by atoms with Gasteiger partial charge in [0, 0.05) is 37.5 Å². The molecule has 2 aromatic heterocycles. The molecule has 0 radical (unpaired) electrons. The highest BCUT2D eigenvalue weighted by molar-refractivity contribution is 7.99. The molecule has 1 N–H and O–H groups in total. The third-order valence-corrected chi connectivity index (χ3v) is 8.02. The van der Waals surface area contributed by atoms with Crippen molar-refractivity contribution in [2.24, 2.45) is 13.0 Å². The minimum atomic E-state index is -4.52. The van der Waals surface area contributed by atoms with Crippen LogP contribution in [-0.2, 0) is 18.6 Å². The maximum Gasteiger partial charge on any atom is 0.416 e. The molecule has 1 aliphatic carbocycles. The number of benzene rings is 1. The second kappa shape index (κ2) is 8.16. The van der Waals surface area contributed by atoms with E-state index in [2.05, 4.69) is 20.1 Å². The monoisotopic (exact) mass is 479 g/mol. The van der Waals surface area contributed by atoms with Crippen molar-refractivity contribution < 1.29 is 17.6 Å². The maximum absolute atomic E-state index is 14.6. The summed E-state index contributed by atoms with van der Waals surface area (Å²) in [6.45, 7) is 4.46. The van der Waals surface area contributed by atoms with Gasteiger partial charge in [0.15, 0.2) is 11.0 Å². The highest BCUT2D eigenvalue weighted by Gasteiger charge is 2.61. The first-order valence-electron chi connectivity index (χ1n) is 11.0. The van der Waals surface area contributed by atoms with E-state index in [0.717, 1.165) is 60.0 Å². The molecule has 176 valence electrons. The Balaban J connectivity index is 1.15. The summed E-state index contributed by atoms with van der Waals surface area (Å²) in [7, 11) is 1.95. The van der Waals surface area contributed by atoms with Gasteiger partial charge in [0.25, 0.3) is 0 Å². The number of aromatic amines is 1. The van der Waals surface area contributed by atoms with Gasteiger partial charge in [-0.25, -0.2) is 4.39 Å². The number of fused-ring (bicyclic) bond motifs is 1. The van der Waals surface area contributed by atoms with Gasteiger partial charge in [-0.2, -0.15) is 13.2 Å². The number of hydrogen-bond acceptors (Lipinski definition) is 4. The lowest BCUT2D eigenvalue weighted by atomic mass is 9.93. The Hall–Kier alpha value is -2.33. The van der Waals surface area contributed by atoms with Crippen LogP contribution in [0, 0.1) is 18.7 Å². The third-order valence-electron chi connectivity index (χ3n) is 6.91. The van der Waals surface area contributed by atoms with Crippen LogP contribution >= 0.6 is 11.8 Å². The number of nitrogens with zero attached hydrogens (tertiary/aromatic N) is 4. The molecule has 2 atom stereocenters. The van der Waals surface area contributed by atoms with Crippen molar-refractivity contribution in [3.05, 3.63) is 53.0 Å². The van der Waals surface area contributed by atoms with Crippen LogP contribution in [0.25, 0.3) is 11.5 Å². The molecule has 3 aromatic rings. The lowest BCUT2D eigenvalue weighted by molar-refractivity contribution is -0.137. The standard InChI is InChI=1S/C23H25F4N5S/c1-14-6-7-28-19(14)20-29-30-21(31(20)2)33-9-3-8-32-12-16-11-22(16,13-32)17-5-4-15(10-18(17)24)23(25,26)27/h4-7,10,16,28H,3,8-9,11-13H2,1-2H3/t16-,22-/m0/s1. The van der Waals surface area contributed by atoms with E-state index < -0.39 is 17.6 Å². The summed E-state index contributed by atoms with van der Waals surface area (Å²) in [4.78, 5) is 5.50. The van der Waals surface area contributed by atoms with Crippen LogP contribution in [0.15, 0.2) is 35.6 Å². The molecule has 5 nitrogen and oxygen atoms in total. The van der Waals surface area contributed by atoms with Gasteiger partial charge in [-0.1, -0.05) is 17.8 Å². The molecule has 2 fully saturated rings. The van der Waals surface area contributed by atoms with Gasteiger partial charge in [-0.15, -0.1) is 10.2 Å². The lowest BCUT2D eigenvalue weighted by Crippen LogP contribution is -2.28. The van der Waals surface area contributed by atoms with Crippen molar-refractivity contribution in [1.29, 1.82) is 0 Å². The molecule has 0 bridgehead atoms. The van der Waals surface area contributed by atoms with Crippen molar-refractivity contribution in [3.63, 3.8) is 0 Å². The molecule has 0 unspecified atom stereocenters. The molecule has 3 heterocycles. The summed E-state index contributed by atoms with van der Waals surface area (Å²) in [5.74, 6) is 1.26. The minimum Gasteiger partial charge on any atom is -0.358 e. The van der Waals surface area contributed by atoms with Crippen LogP contribution in [0.5, 0.6) is 0 Å². The topological polar surface area (TPSA) is 49.7 Å². The first-order valence-corrected chi connectivity index (χ1v) is 11.9. The van der Waals surface area contributed by atoms with Gasteiger partial charge in [-0.05, 0) is 61.6 Å². The number of likely N-dealkylation sites (tertiary alicyclic amines) is 1. The Morgan fingerprint density at radius 2 is 2.06 bits per heavy atom. The zero-order chi connectivity index (χ0) is 23.4. The van der Waals surface area contributed by atoms with E-state index in [1.54, 1.807) is 11.8 Å². The quantitative estimate of drug-likeness (QED) is 0.293. The van der Waals surface area contributed by atoms with Crippen molar-refractivity contribution >= 4 is 11.8 Å². The largest absolute Gasteiger partial charge is 0.416 e. The smallest absolute Gasteiger partial charge is 0.358 e. The average molecular weight is 480 g/mol. The summed E-state index contributed by atoms with van der Waals surface area (Å²) >= 11 is 1.65. The Morgan fingerprint density at radius 1 is 1.24 bits per heavy atom. The Labute approximate surface area is 193 Å². The second-order valence-corrected chi connectivity index (χ2v) is 10.1. The predicted octanol–water partition coefficient (Wildman–Crippen LogP) is 5.03. The Bertz CT molecular complexity index is 1170. The number of aromatic nitrogens is 4. The van der Waals surface area contributed by atoms with Gasteiger partial charge in [0.2, 0.25) is 0 Å². The van der Waals surface area contributed by atoms with Crippen molar-refractivity contribution in [3.8, 4) is 11.5 Å². The van der Waals surface area contributed by atoms with Gasteiger partial charge in [0.05, 0.1) is 11.3 Å². The number of piperidine rings is 1. The molecule has 0 spiro atoms. The zero-order valence-corrected chi connectivity index (χ0v) is 19.2. The second-order valence-electron chi connectivity index (χ2n) is 9.09. The fourth-order valence-corrected chi connectivity index (χ4v) is 5.90. The van der Waals surface area contributed by atoms with Crippen molar-refractivity contribution in [1.82, 2.24) is 24.6 Å². The molecule has 10 heteroatoms. The normalized spacial score (nSPS) is 22.7. The zero-order valence-electron chi connectivity index (χ0n) is 18.4. The number of aryl methyl sites for hydroxylation is 1. The highest BCUT2D eigenvalue weighted by Crippen LogP contribution is 2.59. The van der Waals surface area contributed by atoms with Crippen LogP contribution in [0.1, 0.15) is 29.5 Å². The number of rotatable bonds is 7. The molecule has 33 heavy (non-hydrogen) atoms. The Morgan fingerprint density at radius 3 is 2.76 bits per heavy atom. The summed E-state index contributed by atoms with van der Waals surface area (Å²) < 4.78 is 55.1. The van der Waals surface area contributed by atoms with Crippen LogP contribution < -0.4 is 0 Å². The summed E-state index contributed by atoms with van der Waals surface area (Å²) in [5.41, 5.74) is 1.27. The van der Waals surface area contributed by atoms with E-state index in [9.17, 15) is 17.6 Å². The summed E-state index contributed by atoms with van der Waals surface area (Å²) in [6, 6.07) is 4.99.